The summed E-state index contributed by atoms with van der Waals surface area (Å²) in [5.41, 5.74) is 7.95. The Hall–Kier alpha value is -3.53. The number of benzene rings is 3. The number of carbonyl (C=O) groups is 2. The molecule has 0 aliphatic rings. The Bertz CT molecular complexity index is 1450. The monoisotopic (exact) mass is 623 g/mol. The van der Waals surface area contributed by atoms with E-state index >= 15 is 0 Å². The quantitative estimate of drug-likeness (QED) is 0.120. The maximum absolute atomic E-state index is 14.9. The minimum absolute atomic E-state index is 0.0614. The zero-order valence-electron chi connectivity index (χ0n) is 26.6. The van der Waals surface area contributed by atoms with E-state index in [1.807, 2.05) is 83.1 Å². The number of sulfonamides is 1. The van der Waals surface area contributed by atoms with E-state index in [0.717, 1.165) is 11.1 Å². The first-order valence-electron chi connectivity index (χ1n) is 15.2. The number of rotatable bonds is 14. The van der Waals surface area contributed by atoms with Crippen LogP contribution in [0.4, 0.5) is 4.79 Å². The van der Waals surface area contributed by atoms with Gasteiger partial charge in [-0.25, -0.2) is 4.79 Å². The molecule has 0 aromatic heterocycles. The molecule has 0 saturated heterocycles. The van der Waals surface area contributed by atoms with Crippen molar-refractivity contribution >= 4 is 22.1 Å². The van der Waals surface area contributed by atoms with E-state index in [0.29, 0.717) is 24.9 Å². The van der Waals surface area contributed by atoms with E-state index in [9.17, 15) is 18.0 Å². The van der Waals surface area contributed by atoms with E-state index in [2.05, 4.69) is 0 Å². The van der Waals surface area contributed by atoms with Gasteiger partial charge >= 0.3 is 22.1 Å². The molecule has 1 amide bonds. The summed E-state index contributed by atoms with van der Waals surface area (Å²) in [4.78, 5) is 28.4. The Morgan fingerprint density at radius 1 is 0.795 bits per heavy atom. The van der Waals surface area contributed by atoms with Crippen molar-refractivity contribution in [3.05, 3.63) is 102 Å². The number of carbonyl (C=O) groups excluding carboxylic acids is 2. The smallest absolute Gasteiger partial charge is 0.456 e. The Labute approximate surface area is 262 Å². The van der Waals surface area contributed by atoms with Gasteiger partial charge in [0.15, 0.2) is 0 Å². The molecule has 8 nitrogen and oxygen atoms in total. The standard InChI is InChI=1S/C35H47N2O6S/c1-27(2)24-37(34(39)43-26-29-16-10-7-11-17-29,44(40,41)31-21-19-30(20-22-31)35(3,4)5)32(18-12-13-23-36)33(38)42-25-28-14-8-6-9-15-28/h6-11,14-17,19-22,27,32H,12-13,18,23-26,36H2,1-5H3/q+1/t32-,37?/m0/s1. The van der Waals surface area contributed by atoms with Gasteiger partial charge in [-0.15, -0.1) is 3.89 Å². The minimum atomic E-state index is -4.56. The number of nitrogens with two attached hydrogens (primary N) is 1. The SMILES string of the molecule is CC(C)C[N+](C(=O)OCc1ccccc1)([C@@H](CCCCN)C(=O)OCc1ccccc1)S(=O)(=O)c1ccc(C(C)(C)C)cc1. The number of quaternary nitrogens is 1. The van der Waals surface area contributed by atoms with Crippen LogP contribution in [0.2, 0.25) is 0 Å². The summed E-state index contributed by atoms with van der Waals surface area (Å²) < 4.78 is 40.1. The largest absolute Gasteiger partial charge is 0.533 e. The van der Waals surface area contributed by atoms with Crippen LogP contribution in [0.15, 0.2) is 89.8 Å². The van der Waals surface area contributed by atoms with Crippen LogP contribution in [0.3, 0.4) is 0 Å². The first kappa shape index (κ1) is 35.0. The van der Waals surface area contributed by atoms with Gasteiger partial charge in [-0.05, 0) is 53.6 Å². The third-order valence-electron chi connectivity index (χ3n) is 7.53. The van der Waals surface area contributed by atoms with Crippen LogP contribution in [-0.2, 0) is 42.9 Å². The van der Waals surface area contributed by atoms with Crippen LogP contribution >= 0.6 is 0 Å². The normalized spacial score (nSPS) is 14.1. The van der Waals surface area contributed by atoms with Gasteiger partial charge in [0.25, 0.3) is 0 Å². The van der Waals surface area contributed by atoms with Crippen molar-refractivity contribution in [2.75, 3.05) is 13.1 Å². The van der Waals surface area contributed by atoms with Crippen molar-refractivity contribution < 1.29 is 31.4 Å². The fraction of sp³-hybridized carbons (Fsp3) is 0.429. The molecule has 3 aromatic rings. The summed E-state index contributed by atoms with van der Waals surface area (Å²) in [5, 5.41) is 0. The first-order valence-corrected chi connectivity index (χ1v) is 16.6. The van der Waals surface area contributed by atoms with Crippen molar-refractivity contribution in [3.8, 4) is 0 Å². The van der Waals surface area contributed by atoms with Crippen LogP contribution in [0, 0.1) is 5.92 Å². The molecule has 44 heavy (non-hydrogen) atoms. The number of hydrogen-bond donors (Lipinski definition) is 1. The zero-order valence-corrected chi connectivity index (χ0v) is 27.4. The lowest BCUT2D eigenvalue weighted by molar-refractivity contribution is -0.756. The number of amides is 1. The zero-order chi connectivity index (χ0) is 32.4. The van der Waals surface area contributed by atoms with Crippen molar-refractivity contribution in [1.29, 1.82) is 0 Å². The highest BCUT2D eigenvalue weighted by Crippen LogP contribution is 2.36. The molecule has 238 valence electrons. The predicted octanol–water partition coefficient (Wildman–Crippen LogP) is 6.72. The lowest BCUT2D eigenvalue weighted by Crippen LogP contribution is -2.66. The molecule has 2 N–H and O–H groups in total. The molecular weight excluding hydrogens is 576 g/mol. The molecule has 3 aromatic carbocycles. The van der Waals surface area contributed by atoms with Crippen LogP contribution < -0.4 is 5.73 Å². The second-order valence-electron chi connectivity index (χ2n) is 12.6. The molecular formula is C35H47N2O6S+. The molecule has 3 rings (SSSR count). The molecule has 0 aliphatic carbocycles. The Balaban J connectivity index is 2.19. The van der Waals surface area contributed by atoms with Gasteiger partial charge in [0.2, 0.25) is 6.04 Å². The average molecular weight is 624 g/mol. The third-order valence-corrected chi connectivity index (χ3v) is 9.81. The van der Waals surface area contributed by atoms with Crippen LogP contribution in [0.5, 0.6) is 0 Å². The van der Waals surface area contributed by atoms with Crippen molar-refractivity contribution in [1.82, 2.24) is 0 Å². The number of esters is 1. The summed E-state index contributed by atoms with van der Waals surface area (Å²) in [6.45, 7) is 9.70. The first-order chi connectivity index (χ1) is 20.8. The fourth-order valence-electron chi connectivity index (χ4n) is 5.18. The van der Waals surface area contributed by atoms with Crippen LogP contribution in [0.25, 0.3) is 0 Å². The third kappa shape index (κ3) is 8.55. The van der Waals surface area contributed by atoms with E-state index < -0.39 is 32.0 Å². The van der Waals surface area contributed by atoms with Gasteiger partial charge in [-0.1, -0.05) is 107 Å². The molecule has 0 saturated carbocycles. The highest BCUT2D eigenvalue weighted by molar-refractivity contribution is 7.86. The average Bonchev–Trinajstić information content (AvgIpc) is 3.00. The maximum Gasteiger partial charge on any atom is 0.533 e. The maximum atomic E-state index is 14.9. The van der Waals surface area contributed by atoms with E-state index in [1.54, 1.807) is 24.3 Å². The van der Waals surface area contributed by atoms with Gasteiger partial charge in [0.1, 0.15) is 24.7 Å². The van der Waals surface area contributed by atoms with Gasteiger partial charge in [-0.3, -0.25) is 0 Å². The second-order valence-corrected chi connectivity index (χ2v) is 14.6. The van der Waals surface area contributed by atoms with Crippen molar-refractivity contribution in [2.45, 2.75) is 83.4 Å². The van der Waals surface area contributed by atoms with Crippen LogP contribution in [-0.4, -0.2) is 43.5 Å². The van der Waals surface area contributed by atoms with E-state index in [1.165, 1.54) is 12.1 Å². The summed E-state index contributed by atoms with van der Waals surface area (Å²) in [6.07, 6.45) is 0.0159. The van der Waals surface area contributed by atoms with Crippen LogP contribution in [0.1, 0.15) is 70.6 Å². The lowest BCUT2D eigenvalue weighted by Gasteiger charge is -2.39. The number of unbranched alkanes of at least 4 members (excludes halogenated alkanes) is 1. The molecule has 1 unspecified atom stereocenters. The fourth-order valence-corrected chi connectivity index (χ4v) is 7.31. The number of nitrogens with zero attached hydrogens (tertiary/aromatic N) is 1. The molecule has 0 radical (unpaired) electrons. The van der Waals surface area contributed by atoms with E-state index in [-0.39, 0.29) is 42.4 Å². The highest BCUT2D eigenvalue weighted by atomic mass is 32.2. The summed E-state index contributed by atoms with van der Waals surface area (Å²) >= 11 is 0. The van der Waals surface area contributed by atoms with Gasteiger partial charge in [0.05, 0.1) is 0 Å². The molecule has 0 spiro atoms. The van der Waals surface area contributed by atoms with Crippen molar-refractivity contribution in [2.24, 2.45) is 11.7 Å². The predicted molar refractivity (Wildman–Crippen MR) is 172 cm³/mol. The van der Waals surface area contributed by atoms with Gasteiger partial charge in [0, 0.05) is 12.3 Å². The topological polar surface area (TPSA) is 113 Å². The Morgan fingerprint density at radius 2 is 1.32 bits per heavy atom. The number of ether oxygens (including phenoxy) is 2. The molecule has 2 atom stereocenters. The molecule has 9 heteroatoms. The Morgan fingerprint density at radius 3 is 1.80 bits per heavy atom. The summed E-state index contributed by atoms with van der Waals surface area (Å²) in [6, 6.07) is 23.3. The van der Waals surface area contributed by atoms with Gasteiger partial charge < -0.3 is 15.2 Å². The minimum Gasteiger partial charge on any atom is -0.456 e. The molecule has 0 fully saturated rings. The summed E-state index contributed by atoms with van der Waals surface area (Å²) in [7, 11) is -4.56. The van der Waals surface area contributed by atoms with Gasteiger partial charge in [-0.2, -0.15) is 13.2 Å². The highest BCUT2D eigenvalue weighted by Gasteiger charge is 2.60. The summed E-state index contributed by atoms with van der Waals surface area (Å²) in [5.74, 6) is -1.08. The number of hydrogen-bond acceptors (Lipinski definition) is 7. The van der Waals surface area contributed by atoms with Crippen molar-refractivity contribution in [3.63, 3.8) is 0 Å². The molecule has 0 bridgehead atoms. The van der Waals surface area contributed by atoms with E-state index in [4.69, 9.17) is 15.2 Å². The second kappa shape index (κ2) is 15.5. The Kier molecular flexibility index (Phi) is 12.3. The molecule has 0 aliphatic heterocycles. The lowest BCUT2D eigenvalue weighted by atomic mass is 9.87. The molecule has 0 heterocycles.